The van der Waals surface area contributed by atoms with Gasteiger partial charge in [-0.15, -0.1) is 0 Å². The number of hydrogen-bond donors (Lipinski definition) is 1. The predicted molar refractivity (Wildman–Crippen MR) is 120 cm³/mol. The molecule has 2 heterocycles. The van der Waals surface area contributed by atoms with E-state index in [2.05, 4.69) is 5.32 Å². The predicted octanol–water partition coefficient (Wildman–Crippen LogP) is 3.30. The fraction of sp³-hybridized carbons (Fsp3) is 0.160. The molecular weight excluding hydrogens is 422 g/mol. The normalized spacial score (nSPS) is 19.5. The summed E-state index contributed by atoms with van der Waals surface area (Å²) < 4.78 is 0. The van der Waals surface area contributed by atoms with Crippen LogP contribution < -0.4 is 10.2 Å². The van der Waals surface area contributed by atoms with E-state index in [1.807, 2.05) is 12.1 Å². The van der Waals surface area contributed by atoms with Gasteiger partial charge in [0.05, 0.1) is 21.7 Å². The summed E-state index contributed by atoms with van der Waals surface area (Å²) in [6.07, 6.45) is 0.844. The van der Waals surface area contributed by atoms with Gasteiger partial charge in [-0.1, -0.05) is 42.5 Å². The summed E-state index contributed by atoms with van der Waals surface area (Å²) in [5.41, 5.74) is 2.50. The van der Waals surface area contributed by atoms with Crippen LogP contribution in [-0.2, 0) is 17.6 Å². The third-order valence-electron chi connectivity index (χ3n) is 6.21. The van der Waals surface area contributed by atoms with Gasteiger partial charge in [0.25, 0.3) is 23.4 Å². The summed E-state index contributed by atoms with van der Waals surface area (Å²) in [6, 6.07) is 18.9. The molecule has 164 valence electrons. The van der Waals surface area contributed by atoms with Crippen LogP contribution in [0.1, 0.15) is 31.8 Å². The third-order valence-corrected chi connectivity index (χ3v) is 6.21. The van der Waals surface area contributed by atoms with E-state index in [9.17, 15) is 24.5 Å². The van der Waals surface area contributed by atoms with Gasteiger partial charge in [0, 0.05) is 12.1 Å². The number of nitrogens with zero attached hydrogens (tertiary/aromatic N) is 2. The van der Waals surface area contributed by atoms with Crippen molar-refractivity contribution in [3.05, 3.63) is 105 Å². The van der Waals surface area contributed by atoms with Crippen LogP contribution in [0.25, 0.3) is 0 Å². The van der Waals surface area contributed by atoms with Gasteiger partial charge < -0.3 is 5.32 Å². The van der Waals surface area contributed by atoms with Crippen LogP contribution in [0.2, 0.25) is 0 Å². The minimum absolute atomic E-state index is 0.0197. The second kappa shape index (κ2) is 7.98. The number of para-hydroxylation sites is 1. The molecule has 2 atom stereocenters. The Balaban J connectivity index is 1.61. The molecule has 2 bridgehead atoms. The van der Waals surface area contributed by atoms with E-state index in [0.717, 1.165) is 11.1 Å². The number of imide groups is 1. The smallest absolute Gasteiger partial charge is 0.269 e. The van der Waals surface area contributed by atoms with Crippen LogP contribution in [0.4, 0.5) is 11.4 Å². The van der Waals surface area contributed by atoms with Crippen molar-refractivity contribution >= 4 is 29.1 Å². The van der Waals surface area contributed by atoms with Gasteiger partial charge in [-0.05, 0) is 48.1 Å². The largest absolute Gasteiger partial charge is 0.340 e. The van der Waals surface area contributed by atoms with E-state index in [4.69, 9.17) is 0 Å². The van der Waals surface area contributed by atoms with E-state index in [0.29, 0.717) is 18.5 Å². The lowest BCUT2D eigenvalue weighted by Crippen LogP contribution is -2.55. The van der Waals surface area contributed by atoms with Crippen LogP contribution in [0.5, 0.6) is 0 Å². The van der Waals surface area contributed by atoms with Gasteiger partial charge in [0.15, 0.2) is 0 Å². The summed E-state index contributed by atoms with van der Waals surface area (Å²) in [7, 11) is 0. The number of carbonyl (C=O) groups is 3. The molecule has 5 rings (SSSR count). The molecule has 2 aliphatic heterocycles. The molecule has 0 aliphatic carbocycles. The number of nitrogens with one attached hydrogen (secondary N) is 1. The van der Waals surface area contributed by atoms with Crippen molar-refractivity contribution in [3.63, 3.8) is 0 Å². The standard InChI is InChI=1S/C25H19N3O5/c29-23-19-6-2-3-7-20(19)24(30)27-21-8-4-1-5-16(21)14-17(22(26-23)25(27)31)13-15-9-11-18(12-10-15)28(32)33/h1-12,17,22H,13-14H2,(H,26,29). The number of rotatable bonds is 3. The summed E-state index contributed by atoms with van der Waals surface area (Å²) in [4.78, 5) is 51.9. The van der Waals surface area contributed by atoms with Crippen molar-refractivity contribution in [2.24, 2.45) is 5.92 Å². The summed E-state index contributed by atoms with van der Waals surface area (Å²) in [6.45, 7) is 0. The molecule has 1 N–H and O–H groups in total. The highest BCUT2D eigenvalue weighted by Gasteiger charge is 2.43. The van der Waals surface area contributed by atoms with E-state index in [1.54, 1.807) is 48.5 Å². The Kier molecular flexibility index (Phi) is 4.97. The Labute approximate surface area is 189 Å². The number of fused-ring (bicyclic) bond motifs is 5. The molecule has 0 spiro atoms. The first-order valence-electron chi connectivity index (χ1n) is 10.5. The van der Waals surface area contributed by atoms with Crippen LogP contribution in [-0.4, -0.2) is 28.7 Å². The Morgan fingerprint density at radius 2 is 1.58 bits per heavy atom. The van der Waals surface area contributed by atoms with Crippen molar-refractivity contribution in [2.45, 2.75) is 18.9 Å². The molecule has 3 aromatic rings. The minimum atomic E-state index is -0.933. The Morgan fingerprint density at radius 1 is 0.909 bits per heavy atom. The fourth-order valence-electron chi connectivity index (χ4n) is 4.60. The molecule has 2 aliphatic rings. The molecule has 0 aromatic heterocycles. The zero-order valence-corrected chi connectivity index (χ0v) is 17.4. The number of nitro groups is 1. The first-order chi connectivity index (χ1) is 15.9. The fourth-order valence-corrected chi connectivity index (χ4v) is 4.60. The molecule has 0 saturated heterocycles. The number of nitro benzene ring substituents is 1. The molecule has 33 heavy (non-hydrogen) atoms. The molecule has 3 aromatic carbocycles. The SMILES string of the molecule is O=C1NC2C(=O)N(C(=O)c3ccccc31)c1ccccc1CC2Cc1ccc([N+](=O)[O-])cc1. The lowest BCUT2D eigenvalue weighted by Gasteiger charge is -2.31. The number of non-ortho nitro benzene ring substituents is 1. The third kappa shape index (κ3) is 3.55. The van der Waals surface area contributed by atoms with E-state index in [1.165, 1.54) is 17.0 Å². The number of carbonyl (C=O) groups excluding carboxylic acids is 3. The summed E-state index contributed by atoms with van der Waals surface area (Å²) in [5.74, 6) is -1.85. The quantitative estimate of drug-likeness (QED) is 0.381. The first kappa shape index (κ1) is 20.6. The lowest BCUT2D eigenvalue weighted by atomic mass is 9.86. The maximum absolute atomic E-state index is 13.7. The number of anilines is 1. The Bertz CT molecular complexity index is 1300. The van der Waals surface area contributed by atoms with Crippen molar-refractivity contribution in [3.8, 4) is 0 Å². The van der Waals surface area contributed by atoms with Gasteiger partial charge in [0.1, 0.15) is 6.04 Å². The van der Waals surface area contributed by atoms with Crippen LogP contribution >= 0.6 is 0 Å². The Hall–Kier alpha value is -4.33. The minimum Gasteiger partial charge on any atom is -0.340 e. The molecule has 0 fully saturated rings. The summed E-state index contributed by atoms with van der Waals surface area (Å²) >= 11 is 0. The lowest BCUT2D eigenvalue weighted by molar-refractivity contribution is -0.384. The molecule has 2 unspecified atom stereocenters. The van der Waals surface area contributed by atoms with Crippen molar-refractivity contribution in [1.82, 2.24) is 5.32 Å². The average Bonchev–Trinajstić information content (AvgIpc) is 2.93. The molecule has 3 amide bonds. The number of benzene rings is 3. The highest BCUT2D eigenvalue weighted by atomic mass is 16.6. The maximum atomic E-state index is 13.7. The highest BCUT2D eigenvalue weighted by Crippen LogP contribution is 2.34. The average molecular weight is 441 g/mol. The monoisotopic (exact) mass is 441 g/mol. The second-order valence-electron chi connectivity index (χ2n) is 8.20. The van der Waals surface area contributed by atoms with Crippen molar-refractivity contribution in [2.75, 3.05) is 4.90 Å². The van der Waals surface area contributed by atoms with Gasteiger partial charge in [-0.2, -0.15) is 0 Å². The summed E-state index contributed by atoms with van der Waals surface area (Å²) in [5, 5.41) is 13.8. The van der Waals surface area contributed by atoms with E-state index >= 15 is 0 Å². The molecular formula is C25H19N3O5. The van der Waals surface area contributed by atoms with E-state index < -0.39 is 28.7 Å². The van der Waals surface area contributed by atoms with Crippen LogP contribution in [0, 0.1) is 16.0 Å². The molecule has 8 nitrogen and oxygen atoms in total. The van der Waals surface area contributed by atoms with Gasteiger partial charge in [0.2, 0.25) is 0 Å². The highest BCUT2D eigenvalue weighted by molar-refractivity contribution is 6.27. The number of hydrogen-bond acceptors (Lipinski definition) is 5. The zero-order chi connectivity index (χ0) is 23.1. The van der Waals surface area contributed by atoms with Crippen LogP contribution in [0.3, 0.4) is 0 Å². The number of amides is 3. The zero-order valence-electron chi connectivity index (χ0n) is 17.4. The van der Waals surface area contributed by atoms with Gasteiger partial charge in [-0.3, -0.25) is 24.5 Å². The molecule has 0 radical (unpaired) electrons. The van der Waals surface area contributed by atoms with E-state index in [-0.39, 0.29) is 22.7 Å². The van der Waals surface area contributed by atoms with Crippen molar-refractivity contribution in [1.29, 1.82) is 0 Å². The van der Waals surface area contributed by atoms with Gasteiger partial charge >= 0.3 is 0 Å². The Morgan fingerprint density at radius 3 is 2.30 bits per heavy atom. The molecule has 0 saturated carbocycles. The molecule has 8 heteroatoms. The van der Waals surface area contributed by atoms with Gasteiger partial charge in [-0.25, -0.2) is 4.90 Å². The maximum Gasteiger partial charge on any atom is 0.269 e. The topological polar surface area (TPSA) is 110 Å². The first-order valence-corrected chi connectivity index (χ1v) is 10.5. The van der Waals surface area contributed by atoms with Crippen LogP contribution in [0.15, 0.2) is 72.8 Å². The van der Waals surface area contributed by atoms with Crippen molar-refractivity contribution < 1.29 is 19.3 Å². The second-order valence-corrected chi connectivity index (χ2v) is 8.20.